The van der Waals surface area contributed by atoms with Crippen LogP contribution in [0.1, 0.15) is 43.6 Å². The van der Waals surface area contributed by atoms with Gasteiger partial charge in [0, 0.05) is 22.2 Å². The lowest BCUT2D eigenvalue weighted by Gasteiger charge is -2.15. The number of thiophene rings is 1. The number of nitrogens with zero attached hydrogens (tertiary/aromatic N) is 2. The zero-order chi connectivity index (χ0) is 22.0. The molecule has 0 spiro atoms. The van der Waals surface area contributed by atoms with Crippen molar-refractivity contribution in [2.24, 2.45) is 5.92 Å². The number of aromatic nitrogens is 2. The first-order valence-corrected chi connectivity index (χ1v) is 13.3. The van der Waals surface area contributed by atoms with Crippen molar-refractivity contribution in [3.8, 4) is 5.75 Å². The summed E-state index contributed by atoms with van der Waals surface area (Å²) in [6.07, 6.45) is 5.38. The monoisotopic (exact) mass is 496 g/mol. The van der Waals surface area contributed by atoms with Crippen LogP contribution in [0.25, 0.3) is 10.2 Å². The van der Waals surface area contributed by atoms with Crippen LogP contribution in [0.4, 0.5) is 0 Å². The number of halogens is 2. The van der Waals surface area contributed by atoms with E-state index in [9.17, 15) is 4.79 Å². The number of hydrogen-bond acceptors (Lipinski definition) is 5. The molecule has 1 aliphatic rings. The van der Waals surface area contributed by atoms with Crippen LogP contribution in [0.5, 0.6) is 5.75 Å². The molecule has 0 amide bonds. The smallest absolute Gasteiger partial charge is 0.263 e. The highest BCUT2D eigenvalue weighted by atomic mass is 35.5. The van der Waals surface area contributed by atoms with E-state index < -0.39 is 0 Å². The van der Waals surface area contributed by atoms with E-state index >= 15 is 0 Å². The highest BCUT2D eigenvalue weighted by Crippen LogP contribution is 2.35. The Labute approximate surface area is 200 Å². The Kier molecular flexibility index (Phi) is 7.52. The highest BCUT2D eigenvalue weighted by molar-refractivity contribution is 7.99. The zero-order valence-electron chi connectivity index (χ0n) is 17.7. The van der Waals surface area contributed by atoms with Crippen LogP contribution in [0, 0.1) is 5.92 Å². The minimum absolute atomic E-state index is 0.120. The summed E-state index contributed by atoms with van der Waals surface area (Å²) >= 11 is 15.4. The maximum atomic E-state index is 13.5. The fourth-order valence-electron chi connectivity index (χ4n) is 3.79. The van der Waals surface area contributed by atoms with Gasteiger partial charge in [0.1, 0.15) is 10.6 Å². The van der Waals surface area contributed by atoms with E-state index in [-0.39, 0.29) is 5.56 Å². The summed E-state index contributed by atoms with van der Waals surface area (Å²) in [5.74, 6) is 1.80. The van der Waals surface area contributed by atoms with Crippen molar-refractivity contribution < 1.29 is 4.74 Å². The summed E-state index contributed by atoms with van der Waals surface area (Å²) in [7, 11) is 0. The lowest BCUT2D eigenvalue weighted by atomic mass is 9.97. The molecule has 0 unspecified atom stereocenters. The second-order valence-corrected chi connectivity index (χ2v) is 11.2. The van der Waals surface area contributed by atoms with E-state index in [2.05, 4.69) is 13.8 Å². The Morgan fingerprint density at radius 1 is 1.26 bits per heavy atom. The predicted octanol–water partition coefficient (Wildman–Crippen LogP) is 6.86. The van der Waals surface area contributed by atoms with Gasteiger partial charge in [0.2, 0.25) is 0 Å². The number of rotatable bonds is 8. The summed E-state index contributed by atoms with van der Waals surface area (Å²) < 4.78 is 7.69. The third-order valence-electron chi connectivity index (χ3n) is 5.44. The minimum atomic E-state index is 0.120. The lowest BCUT2D eigenvalue weighted by molar-refractivity contribution is 0.344. The number of fused-ring (bicyclic) bond motifs is 3. The molecule has 1 aliphatic carbocycles. The zero-order valence-corrected chi connectivity index (χ0v) is 20.9. The first-order chi connectivity index (χ1) is 14.9. The maximum absolute atomic E-state index is 13.5. The van der Waals surface area contributed by atoms with Crippen LogP contribution < -0.4 is 10.3 Å². The molecule has 0 N–H and O–H groups in total. The molecule has 0 aliphatic heterocycles. The SMILES string of the molecule is CC(C)CCn1c(SCCOc2ccc(Cl)cc2Cl)nc2sc3c(c2c1=O)CCCC3. The third kappa shape index (κ3) is 5.24. The van der Waals surface area contributed by atoms with Crippen molar-refractivity contribution in [1.29, 1.82) is 0 Å². The number of benzene rings is 1. The lowest BCUT2D eigenvalue weighted by Crippen LogP contribution is -2.24. The minimum Gasteiger partial charge on any atom is -0.491 e. The van der Waals surface area contributed by atoms with E-state index in [1.165, 1.54) is 16.9 Å². The summed E-state index contributed by atoms with van der Waals surface area (Å²) in [5.41, 5.74) is 1.37. The molecule has 2 aromatic heterocycles. The molecule has 0 saturated carbocycles. The Morgan fingerprint density at radius 2 is 2.06 bits per heavy atom. The normalized spacial score (nSPS) is 13.7. The Balaban J connectivity index is 1.56. The van der Waals surface area contributed by atoms with E-state index in [1.807, 2.05) is 4.57 Å². The van der Waals surface area contributed by atoms with Crippen molar-refractivity contribution in [1.82, 2.24) is 9.55 Å². The molecule has 166 valence electrons. The summed E-state index contributed by atoms with van der Waals surface area (Å²) in [4.78, 5) is 20.7. The van der Waals surface area contributed by atoms with Crippen LogP contribution in [0.3, 0.4) is 0 Å². The van der Waals surface area contributed by atoms with E-state index in [0.717, 1.165) is 41.1 Å². The molecule has 8 heteroatoms. The molecule has 31 heavy (non-hydrogen) atoms. The van der Waals surface area contributed by atoms with Gasteiger partial charge in [0.15, 0.2) is 5.16 Å². The molecule has 0 bridgehead atoms. The molecule has 4 nitrogen and oxygen atoms in total. The largest absolute Gasteiger partial charge is 0.491 e. The number of aryl methyl sites for hydroxylation is 2. The van der Waals surface area contributed by atoms with Crippen molar-refractivity contribution in [3.05, 3.63) is 49.0 Å². The standard InChI is InChI=1S/C23H26Cl2N2O2S2/c1-14(2)9-10-27-22(28)20-16-5-3-4-6-19(16)31-21(20)26-23(27)30-12-11-29-18-8-7-15(24)13-17(18)25/h7-8,13-14H,3-6,9-12H2,1-2H3. The van der Waals surface area contributed by atoms with Gasteiger partial charge in [-0.15, -0.1) is 11.3 Å². The third-order valence-corrected chi connectivity index (χ3v) is 8.09. The first-order valence-electron chi connectivity index (χ1n) is 10.7. The Hall–Kier alpha value is -1.21. The number of hydrogen-bond donors (Lipinski definition) is 0. The van der Waals surface area contributed by atoms with Crippen LogP contribution in [0.2, 0.25) is 10.0 Å². The van der Waals surface area contributed by atoms with Crippen molar-refractivity contribution in [2.75, 3.05) is 12.4 Å². The summed E-state index contributed by atoms with van der Waals surface area (Å²) in [6, 6.07) is 5.20. The highest BCUT2D eigenvalue weighted by Gasteiger charge is 2.22. The Morgan fingerprint density at radius 3 is 2.84 bits per heavy atom. The van der Waals surface area contributed by atoms with Crippen LogP contribution in [-0.4, -0.2) is 21.9 Å². The molecule has 0 fully saturated rings. The van der Waals surface area contributed by atoms with E-state index in [0.29, 0.717) is 40.6 Å². The molecule has 2 heterocycles. The van der Waals surface area contributed by atoms with E-state index in [4.69, 9.17) is 32.9 Å². The average Bonchev–Trinajstić information content (AvgIpc) is 3.10. The Bertz CT molecular complexity index is 1140. The number of ether oxygens (including phenoxy) is 1. The van der Waals surface area contributed by atoms with Gasteiger partial charge in [-0.2, -0.15) is 0 Å². The fourth-order valence-corrected chi connectivity index (χ4v) is 6.40. The van der Waals surface area contributed by atoms with Crippen LogP contribution in [0.15, 0.2) is 28.2 Å². The van der Waals surface area contributed by atoms with Crippen molar-refractivity contribution >= 4 is 56.5 Å². The molecule has 0 saturated heterocycles. The molecular weight excluding hydrogens is 471 g/mol. The molecule has 1 aromatic carbocycles. The van der Waals surface area contributed by atoms with Gasteiger partial charge in [-0.05, 0) is 61.8 Å². The summed E-state index contributed by atoms with van der Waals surface area (Å²) in [5, 5.41) is 2.71. The molecular formula is C23H26Cl2N2O2S2. The van der Waals surface area contributed by atoms with Gasteiger partial charge < -0.3 is 4.74 Å². The fraction of sp³-hybridized carbons (Fsp3) is 0.478. The maximum Gasteiger partial charge on any atom is 0.263 e. The second kappa shape index (κ2) is 10.2. The average molecular weight is 498 g/mol. The molecule has 4 rings (SSSR count). The van der Waals surface area contributed by atoms with Crippen molar-refractivity contribution in [3.63, 3.8) is 0 Å². The van der Waals surface area contributed by atoms with Crippen LogP contribution in [-0.2, 0) is 19.4 Å². The molecule has 3 aromatic rings. The topological polar surface area (TPSA) is 44.1 Å². The van der Waals surface area contributed by atoms with Gasteiger partial charge in [0.05, 0.1) is 17.0 Å². The van der Waals surface area contributed by atoms with Gasteiger partial charge in [-0.1, -0.05) is 48.8 Å². The van der Waals surface area contributed by atoms with Crippen molar-refractivity contribution in [2.45, 2.75) is 57.7 Å². The number of thioether (sulfide) groups is 1. The van der Waals surface area contributed by atoms with Gasteiger partial charge >= 0.3 is 0 Å². The van der Waals surface area contributed by atoms with Gasteiger partial charge in [-0.25, -0.2) is 4.98 Å². The van der Waals surface area contributed by atoms with E-state index in [1.54, 1.807) is 41.3 Å². The quantitative estimate of drug-likeness (QED) is 0.194. The molecule has 0 atom stereocenters. The van der Waals surface area contributed by atoms with Crippen LogP contribution >= 0.6 is 46.3 Å². The van der Waals surface area contributed by atoms with Gasteiger partial charge in [0.25, 0.3) is 5.56 Å². The van der Waals surface area contributed by atoms with Gasteiger partial charge in [-0.3, -0.25) is 9.36 Å². The molecule has 0 radical (unpaired) electrons. The predicted molar refractivity (Wildman–Crippen MR) is 133 cm³/mol. The summed E-state index contributed by atoms with van der Waals surface area (Å²) in [6.45, 7) is 5.52. The first kappa shape index (κ1) is 23.0. The second-order valence-electron chi connectivity index (χ2n) is 8.20.